The molecule has 3 rings (SSSR count). The number of hydrogen-bond donors (Lipinski definition) is 1. The molecule has 126 valence electrons. The molecular weight excluding hydrogens is 302 g/mol. The van der Waals surface area contributed by atoms with Crippen LogP contribution < -0.4 is 14.8 Å². The van der Waals surface area contributed by atoms with E-state index in [1.807, 2.05) is 53.4 Å². The summed E-state index contributed by atoms with van der Waals surface area (Å²) in [5.74, 6) is -0.0247. The number of pyridine rings is 1. The molecule has 0 spiro atoms. The van der Waals surface area contributed by atoms with Crippen LogP contribution >= 0.6 is 0 Å². The standard InChI is InChI=1S/C19H23N3O2/c1-2-16-7-9-21(10-8-16)15-19(23)20-17-3-5-18(6-4-17)22-11-13-24-14-12-22/h3-10H,2,11-15H2,1H3/p+1. The van der Waals surface area contributed by atoms with Crippen LogP contribution in [0, 0.1) is 0 Å². The summed E-state index contributed by atoms with van der Waals surface area (Å²) in [5, 5.41) is 2.95. The number of nitrogens with one attached hydrogen (secondary N) is 1. The summed E-state index contributed by atoms with van der Waals surface area (Å²) in [4.78, 5) is 14.5. The van der Waals surface area contributed by atoms with Gasteiger partial charge in [0.25, 0.3) is 5.91 Å². The maximum Gasteiger partial charge on any atom is 0.290 e. The van der Waals surface area contributed by atoms with Gasteiger partial charge in [0, 0.05) is 36.6 Å². The Balaban J connectivity index is 1.55. The summed E-state index contributed by atoms with van der Waals surface area (Å²) >= 11 is 0. The molecule has 1 saturated heterocycles. The number of morpholine rings is 1. The van der Waals surface area contributed by atoms with E-state index in [0.29, 0.717) is 6.54 Å². The third kappa shape index (κ3) is 4.32. The van der Waals surface area contributed by atoms with Gasteiger partial charge < -0.3 is 15.0 Å². The first-order chi connectivity index (χ1) is 11.7. The van der Waals surface area contributed by atoms with Crippen LogP contribution in [0.2, 0.25) is 0 Å². The third-order valence-electron chi connectivity index (χ3n) is 4.22. The first kappa shape index (κ1) is 16.5. The Labute approximate surface area is 142 Å². The lowest BCUT2D eigenvalue weighted by molar-refractivity contribution is -0.684. The highest BCUT2D eigenvalue weighted by Gasteiger charge is 2.12. The van der Waals surface area contributed by atoms with E-state index in [2.05, 4.69) is 17.1 Å². The van der Waals surface area contributed by atoms with Crippen LogP contribution in [0.5, 0.6) is 0 Å². The Bertz CT molecular complexity index is 662. The summed E-state index contributed by atoms with van der Waals surface area (Å²) < 4.78 is 7.25. The van der Waals surface area contributed by atoms with Crippen molar-refractivity contribution >= 4 is 17.3 Å². The molecule has 1 fully saturated rings. The maximum absolute atomic E-state index is 12.2. The average Bonchev–Trinajstić information content (AvgIpc) is 2.64. The second-order valence-electron chi connectivity index (χ2n) is 5.93. The molecule has 24 heavy (non-hydrogen) atoms. The molecule has 1 aliphatic heterocycles. The molecule has 2 heterocycles. The minimum Gasteiger partial charge on any atom is -0.378 e. The van der Waals surface area contributed by atoms with Crippen LogP contribution in [0.3, 0.4) is 0 Å². The number of hydrogen-bond acceptors (Lipinski definition) is 3. The lowest BCUT2D eigenvalue weighted by Gasteiger charge is -2.28. The number of amides is 1. The smallest absolute Gasteiger partial charge is 0.290 e. The number of aryl methyl sites for hydroxylation is 1. The van der Waals surface area contributed by atoms with Crippen LogP contribution in [-0.4, -0.2) is 32.2 Å². The van der Waals surface area contributed by atoms with Crippen LogP contribution in [0.15, 0.2) is 48.8 Å². The van der Waals surface area contributed by atoms with Crippen molar-refractivity contribution in [2.75, 3.05) is 36.5 Å². The normalized spacial score (nSPS) is 14.5. The molecule has 0 saturated carbocycles. The highest BCUT2D eigenvalue weighted by Crippen LogP contribution is 2.18. The molecule has 0 aliphatic carbocycles. The molecule has 0 atom stereocenters. The quantitative estimate of drug-likeness (QED) is 0.855. The number of aromatic nitrogens is 1. The molecule has 2 aromatic rings. The van der Waals surface area contributed by atoms with Crippen LogP contribution in [0.4, 0.5) is 11.4 Å². The zero-order valence-electron chi connectivity index (χ0n) is 14.1. The van der Waals surface area contributed by atoms with E-state index in [4.69, 9.17) is 4.74 Å². The SMILES string of the molecule is CCc1cc[n+](CC(=O)Nc2ccc(N3CCOCC3)cc2)cc1. The van der Waals surface area contributed by atoms with E-state index in [0.717, 1.165) is 38.4 Å². The number of carbonyl (C=O) groups is 1. The molecule has 0 radical (unpaired) electrons. The van der Waals surface area contributed by atoms with Crippen molar-refractivity contribution in [2.45, 2.75) is 19.9 Å². The number of ether oxygens (including phenoxy) is 1. The van der Waals surface area contributed by atoms with Crippen LogP contribution in [0.25, 0.3) is 0 Å². The molecule has 5 heteroatoms. The van der Waals surface area contributed by atoms with Gasteiger partial charge in [0.1, 0.15) is 0 Å². The van der Waals surface area contributed by atoms with Gasteiger partial charge >= 0.3 is 0 Å². The number of nitrogens with zero attached hydrogens (tertiary/aromatic N) is 2. The molecular formula is C19H24N3O2+. The zero-order chi connectivity index (χ0) is 16.8. The maximum atomic E-state index is 12.2. The first-order valence-electron chi connectivity index (χ1n) is 8.45. The third-order valence-corrected chi connectivity index (χ3v) is 4.22. The molecule has 1 amide bonds. The number of rotatable bonds is 5. The van der Waals surface area contributed by atoms with Crippen LogP contribution in [-0.2, 0) is 22.5 Å². The fourth-order valence-corrected chi connectivity index (χ4v) is 2.77. The predicted octanol–water partition coefficient (Wildman–Crippen LogP) is 2.01. The van der Waals surface area contributed by atoms with Gasteiger partial charge in [-0.3, -0.25) is 4.79 Å². The average molecular weight is 326 g/mol. The fraction of sp³-hybridized carbons (Fsp3) is 0.368. The highest BCUT2D eigenvalue weighted by molar-refractivity contribution is 5.89. The van der Waals surface area contributed by atoms with Crippen molar-refractivity contribution in [3.05, 3.63) is 54.4 Å². The number of anilines is 2. The Morgan fingerprint density at radius 1 is 1.12 bits per heavy atom. The molecule has 0 unspecified atom stereocenters. The van der Waals surface area contributed by atoms with E-state index in [-0.39, 0.29) is 5.91 Å². The van der Waals surface area contributed by atoms with Crippen molar-refractivity contribution in [2.24, 2.45) is 0 Å². The Morgan fingerprint density at radius 2 is 1.79 bits per heavy atom. The topological polar surface area (TPSA) is 45.5 Å². The van der Waals surface area contributed by atoms with E-state index < -0.39 is 0 Å². The second-order valence-corrected chi connectivity index (χ2v) is 5.93. The molecule has 1 aromatic carbocycles. The van der Waals surface area contributed by atoms with Gasteiger partial charge in [0.2, 0.25) is 6.54 Å². The second kappa shape index (κ2) is 7.93. The molecule has 0 bridgehead atoms. The minimum absolute atomic E-state index is 0.0247. The Kier molecular flexibility index (Phi) is 5.43. The molecule has 1 N–H and O–H groups in total. The first-order valence-corrected chi connectivity index (χ1v) is 8.45. The van der Waals surface area contributed by atoms with Crippen LogP contribution in [0.1, 0.15) is 12.5 Å². The van der Waals surface area contributed by atoms with Crippen molar-refractivity contribution in [3.63, 3.8) is 0 Å². The van der Waals surface area contributed by atoms with Gasteiger partial charge in [-0.2, -0.15) is 4.57 Å². The van der Waals surface area contributed by atoms with Gasteiger partial charge in [-0.15, -0.1) is 0 Å². The minimum atomic E-state index is -0.0247. The summed E-state index contributed by atoms with van der Waals surface area (Å²) in [6.07, 6.45) is 4.89. The highest BCUT2D eigenvalue weighted by atomic mass is 16.5. The van der Waals surface area contributed by atoms with Crippen molar-refractivity contribution in [3.8, 4) is 0 Å². The van der Waals surface area contributed by atoms with E-state index >= 15 is 0 Å². The molecule has 1 aliphatic rings. The van der Waals surface area contributed by atoms with Crippen molar-refractivity contribution < 1.29 is 14.1 Å². The summed E-state index contributed by atoms with van der Waals surface area (Å²) in [6.45, 7) is 5.80. The van der Waals surface area contributed by atoms with Gasteiger partial charge in [0.05, 0.1) is 13.2 Å². The zero-order valence-corrected chi connectivity index (χ0v) is 14.1. The number of carbonyl (C=O) groups excluding carboxylic acids is 1. The van der Waals surface area contributed by atoms with Gasteiger partial charge in [0.15, 0.2) is 12.4 Å². The Hall–Kier alpha value is -2.40. The molecule has 1 aromatic heterocycles. The predicted molar refractivity (Wildman–Crippen MR) is 94.1 cm³/mol. The summed E-state index contributed by atoms with van der Waals surface area (Å²) in [7, 11) is 0. The fourth-order valence-electron chi connectivity index (χ4n) is 2.77. The lowest BCUT2D eigenvalue weighted by atomic mass is 10.2. The Morgan fingerprint density at radius 3 is 2.42 bits per heavy atom. The number of benzene rings is 1. The van der Waals surface area contributed by atoms with Gasteiger partial charge in [-0.1, -0.05) is 6.92 Å². The van der Waals surface area contributed by atoms with E-state index in [1.54, 1.807) is 0 Å². The summed E-state index contributed by atoms with van der Waals surface area (Å²) in [5.41, 5.74) is 3.26. The lowest BCUT2D eigenvalue weighted by Crippen LogP contribution is -2.39. The van der Waals surface area contributed by atoms with E-state index in [9.17, 15) is 4.79 Å². The molecule has 5 nitrogen and oxygen atoms in total. The van der Waals surface area contributed by atoms with E-state index in [1.165, 1.54) is 11.3 Å². The van der Waals surface area contributed by atoms with Crippen molar-refractivity contribution in [1.29, 1.82) is 0 Å². The van der Waals surface area contributed by atoms with Crippen molar-refractivity contribution in [1.82, 2.24) is 0 Å². The van der Waals surface area contributed by atoms with Gasteiger partial charge in [-0.25, -0.2) is 0 Å². The monoisotopic (exact) mass is 326 g/mol. The van der Waals surface area contributed by atoms with Gasteiger partial charge in [-0.05, 0) is 36.2 Å². The largest absolute Gasteiger partial charge is 0.378 e. The summed E-state index contributed by atoms with van der Waals surface area (Å²) in [6, 6.07) is 12.1.